The fraction of sp³-hybridized carbons (Fsp3) is 0.333. The first-order chi connectivity index (χ1) is 4.74. The van der Waals surface area contributed by atoms with E-state index in [4.69, 9.17) is 15.9 Å². The van der Waals surface area contributed by atoms with E-state index in [1.807, 2.05) is 0 Å². The van der Waals surface area contributed by atoms with Crippen LogP contribution in [0.4, 0.5) is 0 Å². The highest BCUT2D eigenvalue weighted by molar-refractivity contribution is 7.11. The van der Waals surface area contributed by atoms with Crippen molar-refractivity contribution in [1.29, 1.82) is 0 Å². The first-order valence-corrected chi connectivity index (χ1v) is 3.76. The Morgan fingerprint density at radius 2 is 2.40 bits per heavy atom. The van der Waals surface area contributed by atoms with E-state index in [1.54, 1.807) is 11.4 Å². The molecule has 0 bridgehead atoms. The molecule has 0 aliphatic carbocycles. The maximum absolute atomic E-state index is 8.88. The van der Waals surface area contributed by atoms with Gasteiger partial charge in [-0.15, -0.1) is 11.3 Å². The smallest absolute Gasteiger partial charge is 0.171 e. The minimum atomic E-state index is -0.364. The summed E-state index contributed by atoms with van der Waals surface area (Å²) >= 11 is 1.21. The van der Waals surface area contributed by atoms with Crippen molar-refractivity contribution in [2.75, 3.05) is 6.61 Å². The molecule has 0 radical (unpaired) electrons. The highest BCUT2D eigenvalue weighted by Gasteiger charge is 2.05. The maximum atomic E-state index is 8.88. The van der Waals surface area contributed by atoms with E-state index in [0.717, 1.165) is 5.56 Å². The predicted molar refractivity (Wildman–Crippen MR) is 40.0 cm³/mol. The van der Waals surface area contributed by atoms with Crippen LogP contribution in [0.2, 0.25) is 0 Å². The minimum absolute atomic E-state index is 0.0871. The van der Waals surface area contributed by atoms with E-state index in [2.05, 4.69) is 0 Å². The van der Waals surface area contributed by atoms with Crippen LogP contribution in [0, 0.1) is 0 Å². The molecule has 4 heteroatoms. The fourth-order valence-electron chi connectivity index (χ4n) is 0.639. The van der Waals surface area contributed by atoms with Crippen molar-refractivity contribution in [1.82, 2.24) is 0 Å². The van der Waals surface area contributed by atoms with Crippen molar-refractivity contribution in [3.63, 3.8) is 0 Å². The third-order valence-electron chi connectivity index (χ3n) is 1.23. The Kier molecular flexibility index (Phi) is 2.26. The van der Waals surface area contributed by atoms with Crippen LogP contribution in [0.1, 0.15) is 11.6 Å². The lowest BCUT2D eigenvalue weighted by Gasteiger charge is -2.02. The van der Waals surface area contributed by atoms with Crippen molar-refractivity contribution in [2.45, 2.75) is 6.04 Å². The highest BCUT2D eigenvalue weighted by Crippen LogP contribution is 2.24. The molecule has 1 atom stereocenters. The summed E-state index contributed by atoms with van der Waals surface area (Å²) in [5.41, 5.74) is 6.24. The Balaban J connectivity index is 2.74. The third kappa shape index (κ3) is 1.47. The molecular weight excluding hydrogens is 150 g/mol. The Morgan fingerprint density at radius 3 is 2.80 bits per heavy atom. The second-order valence-corrected chi connectivity index (χ2v) is 2.90. The van der Waals surface area contributed by atoms with E-state index in [9.17, 15) is 0 Å². The number of hydrogen-bond donors (Lipinski definition) is 3. The van der Waals surface area contributed by atoms with Crippen LogP contribution in [0.25, 0.3) is 0 Å². The van der Waals surface area contributed by atoms with Gasteiger partial charge in [-0.05, 0) is 17.0 Å². The van der Waals surface area contributed by atoms with Crippen LogP contribution >= 0.6 is 11.3 Å². The Bertz CT molecular complexity index is 211. The molecule has 0 amide bonds. The van der Waals surface area contributed by atoms with Crippen LogP contribution < -0.4 is 5.73 Å². The molecule has 0 spiro atoms. The summed E-state index contributed by atoms with van der Waals surface area (Å²) in [4.78, 5) is 0. The van der Waals surface area contributed by atoms with Gasteiger partial charge in [0.25, 0.3) is 0 Å². The summed E-state index contributed by atoms with van der Waals surface area (Å²) in [6, 6.07) is 1.20. The van der Waals surface area contributed by atoms with Gasteiger partial charge in [-0.3, -0.25) is 0 Å². The zero-order chi connectivity index (χ0) is 7.56. The first-order valence-electron chi connectivity index (χ1n) is 2.88. The second-order valence-electron chi connectivity index (χ2n) is 2.01. The molecule has 10 heavy (non-hydrogen) atoms. The molecule has 0 fully saturated rings. The SMILES string of the molecule is NC(CO)c1csc(O)c1. The normalized spacial score (nSPS) is 13.4. The Labute approximate surface area is 62.7 Å². The molecule has 56 valence electrons. The standard InChI is InChI=1S/C6H9NO2S/c7-5(2-8)4-1-6(9)10-3-4/h1,3,5,8-9H,2,7H2. The van der Waals surface area contributed by atoms with Crippen molar-refractivity contribution in [2.24, 2.45) is 5.73 Å². The maximum Gasteiger partial charge on any atom is 0.171 e. The zero-order valence-corrected chi connectivity index (χ0v) is 6.14. The summed E-state index contributed by atoms with van der Waals surface area (Å²) in [7, 11) is 0. The molecular formula is C6H9NO2S. The quantitative estimate of drug-likeness (QED) is 0.586. The van der Waals surface area contributed by atoms with Crippen molar-refractivity contribution in [3.05, 3.63) is 17.0 Å². The fourth-order valence-corrected chi connectivity index (χ4v) is 1.34. The van der Waals surface area contributed by atoms with Gasteiger partial charge >= 0.3 is 0 Å². The van der Waals surface area contributed by atoms with Crippen molar-refractivity contribution < 1.29 is 10.2 Å². The van der Waals surface area contributed by atoms with E-state index in [-0.39, 0.29) is 17.7 Å². The van der Waals surface area contributed by atoms with Crippen LogP contribution in [0.5, 0.6) is 5.06 Å². The largest absolute Gasteiger partial charge is 0.499 e. The van der Waals surface area contributed by atoms with Gasteiger partial charge in [0.1, 0.15) is 0 Å². The molecule has 4 N–H and O–H groups in total. The molecule has 1 heterocycles. The number of aliphatic hydroxyl groups is 1. The van der Waals surface area contributed by atoms with Crippen LogP contribution in [-0.2, 0) is 0 Å². The van der Waals surface area contributed by atoms with Crippen LogP contribution in [-0.4, -0.2) is 16.8 Å². The minimum Gasteiger partial charge on any atom is -0.499 e. The van der Waals surface area contributed by atoms with E-state index in [1.165, 1.54) is 11.3 Å². The molecule has 3 nitrogen and oxygen atoms in total. The number of nitrogens with two attached hydrogens (primary N) is 1. The van der Waals surface area contributed by atoms with E-state index >= 15 is 0 Å². The van der Waals surface area contributed by atoms with E-state index in [0.29, 0.717) is 0 Å². The summed E-state index contributed by atoms with van der Waals surface area (Å²) in [5, 5.41) is 19.4. The van der Waals surface area contributed by atoms with Gasteiger partial charge in [0, 0.05) is 0 Å². The second kappa shape index (κ2) is 3.01. The summed E-state index contributed by atoms with van der Waals surface area (Å²) in [6.45, 7) is -0.0871. The lowest BCUT2D eigenvalue weighted by molar-refractivity contribution is 0.268. The zero-order valence-electron chi connectivity index (χ0n) is 5.32. The Morgan fingerprint density at radius 1 is 1.70 bits per heavy atom. The average Bonchev–Trinajstić information content (AvgIpc) is 2.34. The molecule has 1 rings (SSSR count). The third-order valence-corrected chi connectivity index (χ3v) is 1.98. The van der Waals surface area contributed by atoms with Gasteiger partial charge in [0.15, 0.2) is 5.06 Å². The molecule has 0 aromatic carbocycles. The van der Waals surface area contributed by atoms with Gasteiger partial charge in [-0.2, -0.15) is 0 Å². The molecule has 0 saturated heterocycles. The monoisotopic (exact) mass is 159 g/mol. The molecule has 0 aliphatic rings. The molecule has 1 aromatic heterocycles. The van der Waals surface area contributed by atoms with Crippen LogP contribution in [0.15, 0.2) is 11.4 Å². The average molecular weight is 159 g/mol. The van der Waals surface area contributed by atoms with Gasteiger partial charge in [-0.25, -0.2) is 0 Å². The molecule has 1 aromatic rings. The molecule has 1 unspecified atom stereocenters. The number of aliphatic hydroxyl groups excluding tert-OH is 1. The van der Waals surface area contributed by atoms with E-state index < -0.39 is 0 Å². The van der Waals surface area contributed by atoms with Gasteiger partial charge in [0.2, 0.25) is 0 Å². The lowest BCUT2D eigenvalue weighted by Crippen LogP contribution is -2.13. The predicted octanol–water partition coefficient (Wildman–Crippen LogP) is 0.446. The number of aromatic hydroxyl groups is 1. The van der Waals surface area contributed by atoms with Gasteiger partial charge in [0.05, 0.1) is 12.6 Å². The van der Waals surface area contributed by atoms with Crippen molar-refractivity contribution >= 4 is 11.3 Å². The topological polar surface area (TPSA) is 66.5 Å². The van der Waals surface area contributed by atoms with Crippen LogP contribution in [0.3, 0.4) is 0 Å². The summed E-state index contributed by atoms with van der Waals surface area (Å²) in [6.07, 6.45) is 0. The number of rotatable bonds is 2. The number of thiophene rings is 1. The highest BCUT2D eigenvalue weighted by atomic mass is 32.1. The van der Waals surface area contributed by atoms with Gasteiger partial charge in [-0.1, -0.05) is 0 Å². The Hall–Kier alpha value is -0.580. The van der Waals surface area contributed by atoms with Crippen molar-refractivity contribution in [3.8, 4) is 5.06 Å². The summed E-state index contributed by atoms with van der Waals surface area (Å²) < 4.78 is 0. The molecule has 0 saturated carbocycles. The molecule has 0 aliphatic heterocycles. The first kappa shape index (κ1) is 7.53. The van der Waals surface area contributed by atoms with Gasteiger partial charge < -0.3 is 15.9 Å². The lowest BCUT2D eigenvalue weighted by atomic mass is 10.2. The number of hydrogen-bond acceptors (Lipinski definition) is 4. The summed E-state index contributed by atoms with van der Waals surface area (Å²) in [5.74, 6) is 0.